The van der Waals surface area contributed by atoms with Crippen LogP contribution >= 0.6 is 31.0 Å². The number of halogens is 2. The van der Waals surface area contributed by atoms with Crippen LogP contribution in [0, 0.1) is 24.7 Å². The summed E-state index contributed by atoms with van der Waals surface area (Å²) in [6, 6.07) is 3.26. The lowest BCUT2D eigenvalue weighted by atomic mass is 9.34. The van der Waals surface area contributed by atoms with Crippen molar-refractivity contribution in [3.63, 3.8) is 0 Å². The lowest BCUT2D eigenvalue weighted by molar-refractivity contribution is -0.204. The number of rotatable bonds is 10. The van der Waals surface area contributed by atoms with E-state index in [2.05, 4.69) is 15.3 Å². The molecule has 3 amide bonds. The minimum atomic E-state index is -4.92. The number of aromatic amines is 2. The van der Waals surface area contributed by atoms with Crippen molar-refractivity contribution < 1.29 is 38.0 Å². The third kappa shape index (κ3) is 5.47. The number of phosphoric acid groups is 1. The average molecular weight is 788 g/mol. The lowest BCUT2D eigenvalue weighted by Crippen LogP contribution is -2.73. The molecule has 2 atom stereocenters. The Hall–Kier alpha value is -3.78. The lowest BCUT2D eigenvalue weighted by Gasteiger charge is -2.69. The Morgan fingerprint density at radius 2 is 1.38 bits per heavy atom. The molecule has 282 valence electrons. The summed E-state index contributed by atoms with van der Waals surface area (Å²) in [6.45, 7) is 5.54. The van der Waals surface area contributed by atoms with Crippen molar-refractivity contribution in [3.8, 4) is 11.5 Å². The number of hydrogen-bond donors (Lipinski definition) is 5. The fourth-order valence-corrected chi connectivity index (χ4v) is 10.2. The Balaban J connectivity index is 1.08. The highest BCUT2D eigenvalue weighted by Gasteiger charge is 2.76. The van der Waals surface area contributed by atoms with Gasteiger partial charge >= 0.3 is 13.9 Å². The number of fused-ring (bicyclic) bond motifs is 6. The number of ether oxygens (including phenoxy) is 1. The second-order valence-corrected chi connectivity index (χ2v) is 16.9. The molecule has 14 nitrogen and oxygen atoms in total. The van der Waals surface area contributed by atoms with Crippen LogP contribution in [0.25, 0.3) is 21.8 Å². The number of amides is 3. The van der Waals surface area contributed by atoms with Gasteiger partial charge in [0.15, 0.2) is 11.5 Å². The molecular weight excluding hydrogens is 746 g/mol. The number of carbonyl (C=O) groups excluding carboxylic acids is 3. The highest BCUT2D eigenvalue weighted by Crippen LogP contribution is 2.75. The highest BCUT2D eigenvalue weighted by atomic mass is 35.5. The van der Waals surface area contributed by atoms with E-state index in [1.54, 1.807) is 36.2 Å². The number of likely N-dealkylation sites (N-methyl/N-ethyl adjacent to an activating group) is 2. The molecule has 4 aromatic rings. The van der Waals surface area contributed by atoms with Crippen molar-refractivity contribution in [3.05, 3.63) is 46.8 Å². The molecule has 2 aromatic heterocycles. The number of nitrogens with zero attached hydrogens (tertiary/aromatic N) is 3. The van der Waals surface area contributed by atoms with E-state index in [1.807, 2.05) is 20.0 Å². The predicted octanol–water partition coefficient (Wildman–Crippen LogP) is 5.60. The number of phosphoric ester groups is 1. The first-order valence-electron chi connectivity index (χ1n) is 17.5. The Kier molecular flexibility index (Phi) is 8.64. The van der Waals surface area contributed by atoms with Crippen LogP contribution in [0.15, 0.2) is 24.5 Å². The molecule has 0 unspecified atom stereocenters. The van der Waals surface area contributed by atoms with Crippen LogP contribution in [0.1, 0.15) is 53.4 Å². The van der Waals surface area contributed by atoms with E-state index in [-0.39, 0.29) is 41.2 Å². The van der Waals surface area contributed by atoms with Gasteiger partial charge in [0.2, 0.25) is 11.8 Å². The molecular formula is C36H41Cl2N6O8P. The first-order chi connectivity index (χ1) is 25.2. The van der Waals surface area contributed by atoms with Crippen LogP contribution in [0.5, 0.6) is 11.5 Å². The maximum absolute atomic E-state index is 14.6. The number of alkyl halides is 2. The molecule has 3 aliphatic carbocycles. The molecule has 0 spiro atoms. The fourth-order valence-electron chi connectivity index (χ4n) is 9.30. The van der Waals surface area contributed by atoms with Crippen molar-refractivity contribution in [2.24, 2.45) is 10.8 Å². The summed E-state index contributed by atoms with van der Waals surface area (Å²) in [6.07, 6.45) is 4.17. The summed E-state index contributed by atoms with van der Waals surface area (Å²) in [5.74, 6) is 0.199. The zero-order valence-corrected chi connectivity index (χ0v) is 32.1. The number of H-pyrrole nitrogens is 2. The number of aromatic nitrogens is 2. The largest absolute Gasteiger partial charge is 0.524 e. The Bertz CT molecular complexity index is 2250. The van der Waals surface area contributed by atoms with Crippen LogP contribution in [-0.4, -0.2) is 94.6 Å². The Morgan fingerprint density at radius 1 is 0.906 bits per heavy atom. The molecule has 0 saturated heterocycles. The summed E-state index contributed by atoms with van der Waals surface area (Å²) in [5.41, 5.74) is 4.31. The second-order valence-electron chi connectivity index (χ2n) is 15.2. The van der Waals surface area contributed by atoms with Crippen molar-refractivity contribution in [2.75, 3.05) is 61.8 Å². The fraction of sp³-hybridized carbons (Fsp3) is 0.472. The molecule has 2 bridgehead atoms. The van der Waals surface area contributed by atoms with Gasteiger partial charge in [0, 0.05) is 92.1 Å². The minimum absolute atomic E-state index is 0.0552. The van der Waals surface area contributed by atoms with Crippen LogP contribution in [-0.2, 0) is 14.2 Å². The Labute approximate surface area is 315 Å². The molecule has 5 N–H and O–H groups in total. The van der Waals surface area contributed by atoms with Gasteiger partial charge in [-0.05, 0) is 62.4 Å². The maximum atomic E-state index is 14.6. The van der Waals surface area contributed by atoms with Crippen molar-refractivity contribution >= 4 is 82.1 Å². The van der Waals surface area contributed by atoms with E-state index in [0.29, 0.717) is 73.6 Å². The normalized spacial score (nSPS) is 24.2. The summed E-state index contributed by atoms with van der Waals surface area (Å²) < 4.78 is 22.9. The molecule has 0 radical (unpaired) electrons. The van der Waals surface area contributed by atoms with Crippen molar-refractivity contribution in [1.82, 2.24) is 20.2 Å². The molecule has 4 heterocycles. The number of carbonyl (C=O) groups is 3. The molecule has 2 aliphatic heterocycles. The summed E-state index contributed by atoms with van der Waals surface area (Å²) in [5, 5.41) is 4.62. The maximum Gasteiger partial charge on any atom is 0.524 e. The number of aryl methyl sites for hydroxylation is 2. The highest BCUT2D eigenvalue weighted by molar-refractivity contribution is 7.46. The molecule has 5 aliphatic rings. The quantitative estimate of drug-likeness (QED) is 0.101. The van der Waals surface area contributed by atoms with E-state index in [4.69, 9.17) is 32.5 Å². The summed E-state index contributed by atoms with van der Waals surface area (Å²) >= 11 is 13.0. The predicted molar refractivity (Wildman–Crippen MR) is 202 cm³/mol. The van der Waals surface area contributed by atoms with Gasteiger partial charge in [0.05, 0.1) is 33.2 Å². The van der Waals surface area contributed by atoms with Crippen LogP contribution in [0.3, 0.4) is 0 Å². The van der Waals surface area contributed by atoms with E-state index in [0.717, 1.165) is 33.0 Å². The standard InChI is InChI=1S/C36H41Cl2N6O8P/c1-18-11-40-30-24(51-34(47)42(4)6-5-39-3)7-22-28(26(18)30)20(9-37)13-43(22)32(45)35-15-36(16-35,17-35)33(46)44-14-21(10-38)29-23(44)8-25(52-53(48,49)50)31-27(29)19(2)12-41-31/h7-8,11-12,20-21,39-41H,5-6,9-10,13-17H2,1-4H3,(H2,48,49,50)/t20-,21-,35?,36?/m1/s1. The van der Waals surface area contributed by atoms with Crippen LogP contribution < -0.4 is 24.4 Å². The third-order valence-corrected chi connectivity index (χ3v) is 12.9. The molecule has 17 heteroatoms. The monoisotopic (exact) mass is 786 g/mol. The number of hydrogen-bond acceptors (Lipinski definition) is 7. The number of nitrogens with one attached hydrogen (secondary N) is 3. The zero-order valence-electron chi connectivity index (χ0n) is 29.7. The SMILES string of the molecule is CNCCN(C)C(=O)Oc1cc2c(c3c(C)c[nH]c13)[C@H](CCl)CN2C(=O)C12CC(C(=O)N3C[C@@H](CCl)c4c3cc(OP(=O)(O)O)c3[nH]cc(C)c43)(C1)C2. The van der Waals surface area contributed by atoms with Gasteiger partial charge in [-0.3, -0.25) is 19.4 Å². The molecule has 2 aromatic carbocycles. The third-order valence-electron chi connectivity index (χ3n) is 11.7. The van der Waals surface area contributed by atoms with E-state index < -0.39 is 24.7 Å². The van der Waals surface area contributed by atoms with Crippen molar-refractivity contribution in [2.45, 2.75) is 44.9 Å². The van der Waals surface area contributed by atoms with Gasteiger partial charge in [-0.15, -0.1) is 23.2 Å². The molecule has 3 fully saturated rings. The molecule has 53 heavy (non-hydrogen) atoms. The minimum Gasteiger partial charge on any atom is -0.408 e. The van der Waals surface area contributed by atoms with E-state index >= 15 is 0 Å². The second kappa shape index (κ2) is 12.6. The van der Waals surface area contributed by atoms with E-state index in [9.17, 15) is 28.7 Å². The van der Waals surface area contributed by atoms with Gasteiger partial charge in [-0.25, -0.2) is 9.36 Å². The summed E-state index contributed by atoms with van der Waals surface area (Å²) in [7, 11) is -1.45. The zero-order chi connectivity index (χ0) is 37.8. The molecule has 9 rings (SSSR count). The number of anilines is 2. The molecule has 3 saturated carbocycles. The van der Waals surface area contributed by atoms with E-state index in [1.165, 1.54) is 11.0 Å². The van der Waals surface area contributed by atoms with Gasteiger partial charge in [-0.1, -0.05) is 0 Å². The van der Waals surface area contributed by atoms with Crippen molar-refractivity contribution in [1.29, 1.82) is 0 Å². The first-order valence-corrected chi connectivity index (χ1v) is 20.1. The van der Waals surface area contributed by atoms with Crippen LogP contribution in [0.4, 0.5) is 16.2 Å². The first kappa shape index (κ1) is 36.2. The van der Waals surface area contributed by atoms with Crippen LogP contribution in [0.2, 0.25) is 0 Å². The summed E-state index contributed by atoms with van der Waals surface area (Å²) in [4.78, 5) is 72.6. The average Bonchev–Trinajstić information content (AvgIpc) is 3.84. The van der Waals surface area contributed by atoms with Gasteiger partial charge in [0.25, 0.3) is 0 Å². The smallest absolute Gasteiger partial charge is 0.408 e. The Morgan fingerprint density at radius 3 is 1.83 bits per heavy atom. The topological polar surface area (TPSA) is 181 Å². The van der Waals surface area contributed by atoms with Gasteiger partial charge in [0.1, 0.15) is 0 Å². The van der Waals surface area contributed by atoms with Gasteiger partial charge in [-0.2, -0.15) is 0 Å². The number of benzene rings is 2. The van der Waals surface area contributed by atoms with Gasteiger partial charge < -0.3 is 39.2 Å².